The summed E-state index contributed by atoms with van der Waals surface area (Å²) in [4.78, 5) is 26.6. The van der Waals surface area contributed by atoms with Crippen LogP contribution >= 0.6 is 0 Å². The molecule has 5 heteroatoms. The van der Waals surface area contributed by atoms with Gasteiger partial charge >= 0.3 is 0 Å². The minimum atomic E-state index is -1.29. The molecule has 22 heavy (non-hydrogen) atoms. The number of rotatable bonds is 3. The fraction of sp³-hybridized carbons (Fsp3) is 0.529. The molecular formula is C17H22N2O3. The summed E-state index contributed by atoms with van der Waals surface area (Å²) in [7, 11) is 0. The fourth-order valence-corrected chi connectivity index (χ4v) is 3.50. The number of nitrogens with one attached hydrogen (secondary N) is 1. The maximum absolute atomic E-state index is 12.6. The molecule has 1 aromatic rings. The molecule has 0 radical (unpaired) electrons. The van der Waals surface area contributed by atoms with E-state index in [4.69, 9.17) is 0 Å². The van der Waals surface area contributed by atoms with Gasteiger partial charge in [0.2, 0.25) is 5.91 Å². The topological polar surface area (TPSA) is 69.6 Å². The first-order chi connectivity index (χ1) is 10.5. The first kappa shape index (κ1) is 15.0. The second kappa shape index (κ2) is 5.72. The second-order valence-electron chi connectivity index (χ2n) is 6.39. The van der Waals surface area contributed by atoms with Gasteiger partial charge in [0, 0.05) is 11.7 Å². The maximum Gasteiger partial charge on any atom is 0.252 e. The first-order valence-electron chi connectivity index (χ1n) is 7.93. The zero-order valence-electron chi connectivity index (χ0n) is 12.8. The summed E-state index contributed by atoms with van der Waals surface area (Å²) < 4.78 is 0. The van der Waals surface area contributed by atoms with Gasteiger partial charge in [-0.15, -0.1) is 0 Å². The Balaban J connectivity index is 1.72. The molecule has 2 N–H and O–H groups in total. The van der Waals surface area contributed by atoms with E-state index >= 15 is 0 Å². The molecule has 3 rings (SSSR count). The van der Waals surface area contributed by atoms with Crippen LogP contribution in [-0.2, 0) is 9.59 Å². The summed E-state index contributed by atoms with van der Waals surface area (Å²) in [5, 5.41) is 13.1. The Morgan fingerprint density at radius 3 is 2.55 bits per heavy atom. The van der Waals surface area contributed by atoms with Crippen LogP contribution in [-0.4, -0.2) is 34.6 Å². The molecule has 2 fully saturated rings. The van der Waals surface area contributed by atoms with E-state index in [1.54, 1.807) is 4.90 Å². The number of nitrogens with zero attached hydrogens (tertiary/aromatic N) is 1. The van der Waals surface area contributed by atoms with Gasteiger partial charge in [-0.1, -0.05) is 18.2 Å². The van der Waals surface area contributed by atoms with Crippen molar-refractivity contribution in [2.24, 2.45) is 0 Å². The minimum Gasteiger partial charge on any atom is -0.380 e. The average Bonchev–Trinajstić information content (AvgIpc) is 3.06. The number of hydrogen-bond acceptors (Lipinski definition) is 3. The number of benzene rings is 1. The van der Waals surface area contributed by atoms with Gasteiger partial charge in [-0.25, -0.2) is 0 Å². The lowest BCUT2D eigenvalue weighted by Gasteiger charge is -2.24. The van der Waals surface area contributed by atoms with Crippen molar-refractivity contribution >= 4 is 17.5 Å². The molecule has 1 saturated heterocycles. The van der Waals surface area contributed by atoms with Crippen LogP contribution in [0.1, 0.15) is 39.0 Å². The fourth-order valence-electron chi connectivity index (χ4n) is 3.50. The van der Waals surface area contributed by atoms with E-state index in [-0.39, 0.29) is 11.9 Å². The number of hydrogen-bond donors (Lipinski definition) is 2. The van der Waals surface area contributed by atoms with Crippen LogP contribution in [0.15, 0.2) is 30.3 Å². The molecule has 2 amide bonds. The Kier molecular flexibility index (Phi) is 3.91. The van der Waals surface area contributed by atoms with Gasteiger partial charge in [0.1, 0.15) is 11.6 Å². The predicted molar refractivity (Wildman–Crippen MR) is 83.4 cm³/mol. The minimum absolute atomic E-state index is 0.0263. The van der Waals surface area contributed by atoms with E-state index in [9.17, 15) is 14.7 Å². The maximum atomic E-state index is 12.6. The van der Waals surface area contributed by atoms with Gasteiger partial charge in [0.15, 0.2) is 0 Å². The first-order valence-corrected chi connectivity index (χ1v) is 7.93. The molecule has 0 bridgehead atoms. The Morgan fingerprint density at radius 1 is 1.27 bits per heavy atom. The Bertz CT molecular complexity index is 567. The molecule has 0 spiro atoms. The van der Waals surface area contributed by atoms with Gasteiger partial charge in [0.25, 0.3) is 5.91 Å². The van der Waals surface area contributed by atoms with Crippen LogP contribution in [0.2, 0.25) is 0 Å². The molecule has 1 saturated carbocycles. The monoisotopic (exact) mass is 302 g/mol. The third-order valence-electron chi connectivity index (χ3n) is 4.75. The van der Waals surface area contributed by atoms with Crippen LogP contribution in [0.25, 0.3) is 0 Å². The van der Waals surface area contributed by atoms with Crippen molar-refractivity contribution in [2.75, 3.05) is 4.90 Å². The smallest absolute Gasteiger partial charge is 0.252 e. The molecule has 1 aliphatic heterocycles. The van der Waals surface area contributed by atoms with Gasteiger partial charge in [-0.05, 0) is 51.2 Å². The van der Waals surface area contributed by atoms with E-state index in [0.717, 1.165) is 18.5 Å². The van der Waals surface area contributed by atoms with Crippen LogP contribution in [0, 0.1) is 0 Å². The number of anilines is 1. The predicted octanol–water partition coefficient (Wildman–Crippen LogP) is 1.60. The van der Waals surface area contributed by atoms with Crippen molar-refractivity contribution in [3.8, 4) is 0 Å². The molecule has 0 aromatic heterocycles. The van der Waals surface area contributed by atoms with Crippen molar-refractivity contribution in [3.05, 3.63) is 30.3 Å². The van der Waals surface area contributed by atoms with E-state index < -0.39 is 17.6 Å². The van der Waals surface area contributed by atoms with Crippen LogP contribution < -0.4 is 10.2 Å². The van der Waals surface area contributed by atoms with E-state index in [1.165, 1.54) is 0 Å². The normalized spacial score (nSPS) is 27.2. The summed E-state index contributed by atoms with van der Waals surface area (Å²) in [5.74, 6) is -0.501. The van der Waals surface area contributed by atoms with Crippen LogP contribution in [0.5, 0.6) is 0 Å². The summed E-state index contributed by atoms with van der Waals surface area (Å²) in [5.41, 5.74) is -0.444. The van der Waals surface area contributed by atoms with Gasteiger partial charge < -0.3 is 15.3 Å². The highest BCUT2D eigenvalue weighted by atomic mass is 16.3. The standard InChI is InChI=1S/C17H22N2O3/c1-12-11-14(18-16(21)17(22)9-5-6-10-17)15(20)19(12)13-7-3-2-4-8-13/h2-4,7-8,12,14,22H,5-6,9-11H2,1H3,(H,18,21). The van der Waals surface area contributed by atoms with Crippen molar-refractivity contribution in [3.63, 3.8) is 0 Å². The van der Waals surface area contributed by atoms with Gasteiger partial charge in [-0.3, -0.25) is 9.59 Å². The van der Waals surface area contributed by atoms with Crippen molar-refractivity contribution in [1.82, 2.24) is 5.32 Å². The van der Waals surface area contributed by atoms with Gasteiger partial charge in [-0.2, -0.15) is 0 Å². The lowest BCUT2D eigenvalue weighted by Crippen LogP contribution is -2.51. The summed E-state index contributed by atoms with van der Waals surface area (Å²) in [6.45, 7) is 1.97. The molecule has 2 aliphatic rings. The third-order valence-corrected chi connectivity index (χ3v) is 4.75. The quantitative estimate of drug-likeness (QED) is 0.891. The van der Waals surface area contributed by atoms with E-state index in [2.05, 4.69) is 5.32 Å². The SMILES string of the molecule is CC1CC(NC(=O)C2(O)CCCC2)C(=O)N1c1ccccc1. The molecule has 1 heterocycles. The summed E-state index contributed by atoms with van der Waals surface area (Å²) >= 11 is 0. The third kappa shape index (κ3) is 2.61. The highest BCUT2D eigenvalue weighted by Crippen LogP contribution is 2.31. The number of amides is 2. The highest BCUT2D eigenvalue weighted by molar-refractivity contribution is 6.02. The largest absolute Gasteiger partial charge is 0.380 e. The van der Waals surface area contributed by atoms with E-state index in [0.29, 0.717) is 19.3 Å². The Labute approximate surface area is 130 Å². The molecular weight excluding hydrogens is 280 g/mol. The molecule has 1 aromatic carbocycles. The molecule has 2 unspecified atom stereocenters. The zero-order chi connectivity index (χ0) is 15.7. The molecule has 118 valence electrons. The lowest BCUT2D eigenvalue weighted by atomic mass is 10.0. The molecule has 2 atom stereocenters. The second-order valence-corrected chi connectivity index (χ2v) is 6.39. The average molecular weight is 302 g/mol. The zero-order valence-corrected chi connectivity index (χ0v) is 12.8. The van der Waals surface area contributed by atoms with Crippen LogP contribution in [0.4, 0.5) is 5.69 Å². The summed E-state index contributed by atoms with van der Waals surface area (Å²) in [6, 6.07) is 8.95. The highest BCUT2D eigenvalue weighted by Gasteiger charge is 2.44. The van der Waals surface area contributed by atoms with Crippen LogP contribution in [0.3, 0.4) is 0 Å². The Morgan fingerprint density at radius 2 is 1.91 bits per heavy atom. The lowest BCUT2D eigenvalue weighted by molar-refractivity contribution is -0.141. The number of carbonyl (C=O) groups excluding carboxylic acids is 2. The summed E-state index contributed by atoms with van der Waals surface area (Å²) in [6.07, 6.45) is 3.25. The number of carbonyl (C=O) groups is 2. The Hall–Kier alpha value is -1.88. The van der Waals surface area contributed by atoms with E-state index in [1.807, 2.05) is 37.3 Å². The number of para-hydroxylation sites is 1. The molecule has 1 aliphatic carbocycles. The number of aliphatic hydroxyl groups is 1. The van der Waals surface area contributed by atoms with Crippen molar-refractivity contribution in [2.45, 2.75) is 56.7 Å². The van der Waals surface area contributed by atoms with Crippen molar-refractivity contribution in [1.29, 1.82) is 0 Å². The molecule has 5 nitrogen and oxygen atoms in total. The van der Waals surface area contributed by atoms with Crippen molar-refractivity contribution < 1.29 is 14.7 Å². The van der Waals surface area contributed by atoms with Gasteiger partial charge in [0.05, 0.1) is 0 Å².